The number of hydrogen-bond acceptors (Lipinski definition) is 5. The van der Waals surface area contributed by atoms with E-state index in [-0.39, 0.29) is 30.2 Å². The highest BCUT2D eigenvalue weighted by Gasteiger charge is 2.47. The quantitative estimate of drug-likeness (QED) is 0.474. The van der Waals surface area contributed by atoms with Gasteiger partial charge < -0.3 is 20.1 Å². The minimum absolute atomic E-state index is 0.101. The van der Waals surface area contributed by atoms with Gasteiger partial charge in [0.15, 0.2) is 12.1 Å². The molecule has 0 unspecified atom stereocenters. The van der Waals surface area contributed by atoms with Crippen molar-refractivity contribution in [1.82, 2.24) is 10.2 Å². The molecule has 0 bridgehead atoms. The van der Waals surface area contributed by atoms with Gasteiger partial charge in [0, 0.05) is 11.7 Å². The molecule has 2 aliphatic rings. The van der Waals surface area contributed by atoms with E-state index >= 15 is 0 Å². The summed E-state index contributed by atoms with van der Waals surface area (Å²) < 4.78 is 24.3. The highest BCUT2D eigenvalue weighted by Crippen LogP contribution is 2.35. The molecule has 3 aromatic rings. The van der Waals surface area contributed by atoms with Crippen molar-refractivity contribution >= 4 is 23.6 Å². The molecule has 5 rings (SSSR count). The van der Waals surface area contributed by atoms with E-state index in [0.717, 1.165) is 12.8 Å². The number of amides is 3. The van der Waals surface area contributed by atoms with Crippen molar-refractivity contribution in [3.05, 3.63) is 95.3 Å². The second-order valence-corrected chi connectivity index (χ2v) is 9.06. The molecule has 9 heteroatoms. The third kappa shape index (κ3) is 5.40. The minimum Gasteiger partial charge on any atom is -0.496 e. The second kappa shape index (κ2) is 10.3. The van der Waals surface area contributed by atoms with Crippen LogP contribution < -0.4 is 15.4 Å². The minimum atomic E-state index is -0.896. The standard InChI is InChI=1S/C28H26FN3O5/c1-36-23-5-3-2-4-22(23)26(33)30-20-12-8-18(9-13-20)25-24(27(34)31-21-14-15-21)32(28(35)37-25)16-17-6-10-19(29)11-7-17/h2-13,21,24-25H,14-16H2,1H3,(H,30,33)(H,31,34)/t24-,25-/m0/s1. The van der Waals surface area contributed by atoms with E-state index in [4.69, 9.17) is 9.47 Å². The molecule has 2 N–H and O–H groups in total. The van der Waals surface area contributed by atoms with Gasteiger partial charge in [-0.05, 0) is 60.4 Å². The lowest BCUT2D eigenvalue weighted by atomic mass is 10.00. The largest absolute Gasteiger partial charge is 0.496 e. The molecule has 1 saturated carbocycles. The van der Waals surface area contributed by atoms with Crippen LogP contribution in [0.2, 0.25) is 0 Å². The van der Waals surface area contributed by atoms with E-state index in [1.165, 1.54) is 24.1 Å². The van der Waals surface area contributed by atoms with E-state index in [9.17, 15) is 18.8 Å². The summed E-state index contributed by atoms with van der Waals surface area (Å²) in [7, 11) is 1.50. The molecular weight excluding hydrogens is 477 g/mol. The molecule has 8 nitrogen and oxygen atoms in total. The summed E-state index contributed by atoms with van der Waals surface area (Å²) in [6.07, 6.45) is 0.331. The first-order valence-electron chi connectivity index (χ1n) is 12.0. The number of rotatable bonds is 8. The lowest BCUT2D eigenvalue weighted by molar-refractivity contribution is -0.126. The van der Waals surface area contributed by atoms with E-state index in [1.807, 2.05) is 0 Å². The molecule has 0 radical (unpaired) electrons. The van der Waals surface area contributed by atoms with Crippen molar-refractivity contribution in [3.8, 4) is 5.75 Å². The lowest BCUT2D eigenvalue weighted by Gasteiger charge is -2.24. The van der Waals surface area contributed by atoms with E-state index < -0.39 is 18.2 Å². The summed E-state index contributed by atoms with van der Waals surface area (Å²) in [5, 5.41) is 5.79. The summed E-state index contributed by atoms with van der Waals surface area (Å²) in [5.74, 6) is -0.551. The summed E-state index contributed by atoms with van der Waals surface area (Å²) in [5.41, 5.74) is 2.22. The van der Waals surface area contributed by atoms with Crippen molar-refractivity contribution in [1.29, 1.82) is 0 Å². The third-order valence-electron chi connectivity index (χ3n) is 6.39. The molecule has 37 heavy (non-hydrogen) atoms. The van der Waals surface area contributed by atoms with Gasteiger partial charge >= 0.3 is 6.09 Å². The summed E-state index contributed by atoms with van der Waals surface area (Å²) in [4.78, 5) is 40.1. The normalized spacial score (nSPS) is 18.8. The maximum atomic E-state index is 13.4. The first-order chi connectivity index (χ1) is 17.9. The van der Waals surface area contributed by atoms with E-state index in [1.54, 1.807) is 60.7 Å². The number of nitrogens with one attached hydrogen (secondary N) is 2. The highest BCUT2D eigenvalue weighted by atomic mass is 19.1. The molecule has 1 heterocycles. The highest BCUT2D eigenvalue weighted by molar-refractivity contribution is 6.06. The SMILES string of the molecule is COc1ccccc1C(=O)Nc1ccc([C@@H]2OC(=O)N(Cc3ccc(F)cc3)[C@@H]2C(=O)NC2CC2)cc1. The fourth-order valence-electron chi connectivity index (χ4n) is 4.30. The number of carbonyl (C=O) groups is 3. The summed E-state index contributed by atoms with van der Waals surface area (Å²) >= 11 is 0. The average molecular weight is 504 g/mol. The fraction of sp³-hybridized carbons (Fsp3) is 0.250. The Morgan fingerprint density at radius 1 is 1.03 bits per heavy atom. The maximum absolute atomic E-state index is 13.4. The average Bonchev–Trinajstić information content (AvgIpc) is 3.67. The summed E-state index contributed by atoms with van der Waals surface area (Å²) in [6.45, 7) is 0.103. The van der Waals surface area contributed by atoms with Crippen LogP contribution in [0.3, 0.4) is 0 Å². The van der Waals surface area contributed by atoms with Crippen LogP contribution in [0.4, 0.5) is 14.9 Å². The van der Waals surface area contributed by atoms with Crippen LogP contribution in [0, 0.1) is 5.82 Å². The van der Waals surface area contributed by atoms with Crippen LogP contribution in [-0.2, 0) is 16.1 Å². The Balaban J connectivity index is 1.35. The Morgan fingerprint density at radius 2 is 1.73 bits per heavy atom. The van der Waals surface area contributed by atoms with Gasteiger partial charge in [-0.3, -0.25) is 14.5 Å². The van der Waals surface area contributed by atoms with Gasteiger partial charge in [0.1, 0.15) is 11.6 Å². The molecule has 1 aliphatic carbocycles. The number of halogens is 1. The zero-order valence-electron chi connectivity index (χ0n) is 20.1. The number of ether oxygens (including phenoxy) is 2. The van der Waals surface area contributed by atoms with Gasteiger partial charge in [0.25, 0.3) is 5.91 Å². The van der Waals surface area contributed by atoms with Crippen LogP contribution in [-0.4, -0.2) is 42.0 Å². The Hall–Kier alpha value is -4.40. The molecule has 2 fully saturated rings. The van der Waals surface area contributed by atoms with E-state index in [0.29, 0.717) is 28.1 Å². The first kappa shape index (κ1) is 24.3. The van der Waals surface area contributed by atoms with Gasteiger partial charge in [-0.25, -0.2) is 9.18 Å². The number of hydrogen-bond donors (Lipinski definition) is 2. The van der Waals surface area contributed by atoms with E-state index in [2.05, 4.69) is 10.6 Å². The van der Waals surface area contributed by atoms with Gasteiger partial charge in [-0.2, -0.15) is 0 Å². The van der Waals surface area contributed by atoms with Gasteiger partial charge in [0.2, 0.25) is 5.91 Å². The lowest BCUT2D eigenvalue weighted by Crippen LogP contribution is -2.46. The van der Waals surface area contributed by atoms with Crippen LogP contribution in [0.15, 0.2) is 72.8 Å². The van der Waals surface area contributed by atoms with Crippen molar-refractivity contribution in [3.63, 3.8) is 0 Å². The van der Waals surface area contributed by atoms with Crippen LogP contribution in [0.25, 0.3) is 0 Å². The zero-order chi connectivity index (χ0) is 25.9. The molecule has 2 atom stereocenters. The molecule has 1 aliphatic heterocycles. The van der Waals surface area contributed by atoms with Crippen molar-refractivity contribution in [2.75, 3.05) is 12.4 Å². The smallest absolute Gasteiger partial charge is 0.411 e. The Morgan fingerprint density at radius 3 is 2.41 bits per heavy atom. The van der Waals surface area contributed by atoms with Crippen LogP contribution in [0.1, 0.15) is 40.4 Å². The number of methoxy groups -OCH3 is 1. The second-order valence-electron chi connectivity index (χ2n) is 9.06. The van der Waals surface area contributed by atoms with Gasteiger partial charge in [-0.1, -0.05) is 36.4 Å². The number of nitrogens with zero attached hydrogens (tertiary/aromatic N) is 1. The number of carbonyl (C=O) groups excluding carboxylic acids is 3. The van der Waals surface area contributed by atoms with Crippen molar-refractivity contribution in [2.45, 2.75) is 37.6 Å². The third-order valence-corrected chi connectivity index (χ3v) is 6.39. The number of cyclic esters (lactones) is 1. The van der Waals surface area contributed by atoms with Crippen LogP contribution in [0.5, 0.6) is 5.75 Å². The Kier molecular flexibility index (Phi) is 6.76. The molecule has 0 aromatic heterocycles. The van der Waals surface area contributed by atoms with Gasteiger partial charge in [-0.15, -0.1) is 0 Å². The first-order valence-corrected chi connectivity index (χ1v) is 12.0. The topological polar surface area (TPSA) is 97.0 Å². The Labute approximate surface area is 213 Å². The predicted octanol–water partition coefficient (Wildman–Crippen LogP) is 4.43. The van der Waals surface area contributed by atoms with Crippen molar-refractivity contribution < 1.29 is 28.2 Å². The summed E-state index contributed by atoms with van der Waals surface area (Å²) in [6, 6.07) is 18.7. The maximum Gasteiger partial charge on any atom is 0.411 e. The number of anilines is 1. The number of benzene rings is 3. The number of para-hydroxylation sites is 1. The molecule has 190 valence electrons. The van der Waals surface area contributed by atoms with Crippen molar-refractivity contribution in [2.24, 2.45) is 0 Å². The predicted molar refractivity (Wildman–Crippen MR) is 134 cm³/mol. The molecule has 3 aromatic carbocycles. The fourth-order valence-corrected chi connectivity index (χ4v) is 4.30. The molecule has 3 amide bonds. The van der Waals surface area contributed by atoms with Crippen LogP contribution >= 0.6 is 0 Å². The van der Waals surface area contributed by atoms with Gasteiger partial charge in [0.05, 0.1) is 19.2 Å². The molecule has 1 saturated heterocycles. The monoisotopic (exact) mass is 503 g/mol. The zero-order valence-corrected chi connectivity index (χ0v) is 20.1. The molecule has 0 spiro atoms. The Bertz CT molecular complexity index is 1310. The molecular formula is C28H26FN3O5.